The zero-order chi connectivity index (χ0) is 10.1. The standard InChI is InChI=1S/C9H10N4S/c1-5-3-7(6(2)13-12-5)8-4-14-9(10)11-8/h3-4H,1-2H3,(H2,10,11). The van der Waals surface area contributed by atoms with E-state index in [9.17, 15) is 0 Å². The van der Waals surface area contributed by atoms with Crippen molar-refractivity contribution in [3.8, 4) is 11.3 Å². The van der Waals surface area contributed by atoms with Gasteiger partial charge in [0.2, 0.25) is 0 Å². The second-order valence-electron chi connectivity index (χ2n) is 3.06. The molecule has 0 atom stereocenters. The Balaban J connectivity index is 2.55. The van der Waals surface area contributed by atoms with E-state index >= 15 is 0 Å². The molecule has 0 radical (unpaired) electrons. The normalized spacial score (nSPS) is 10.4. The fourth-order valence-electron chi connectivity index (χ4n) is 1.22. The lowest BCUT2D eigenvalue weighted by Crippen LogP contribution is -1.94. The zero-order valence-electron chi connectivity index (χ0n) is 7.98. The molecule has 2 aromatic rings. The first-order chi connectivity index (χ1) is 6.66. The van der Waals surface area contributed by atoms with E-state index in [1.165, 1.54) is 11.3 Å². The fourth-order valence-corrected chi connectivity index (χ4v) is 1.78. The Kier molecular flexibility index (Phi) is 2.17. The van der Waals surface area contributed by atoms with Gasteiger partial charge in [0, 0.05) is 10.9 Å². The van der Waals surface area contributed by atoms with E-state index in [1.54, 1.807) is 0 Å². The molecule has 2 aromatic heterocycles. The number of aryl methyl sites for hydroxylation is 2. The van der Waals surface area contributed by atoms with Gasteiger partial charge in [-0.05, 0) is 19.9 Å². The summed E-state index contributed by atoms with van der Waals surface area (Å²) in [6.07, 6.45) is 0. The number of aromatic nitrogens is 3. The third-order valence-corrected chi connectivity index (χ3v) is 2.57. The SMILES string of the molecule is Cc1cc(-c2csc(N)n2)c(C)nn1. The van der Waals surface area contributed by atoms with E-state index in [-0.39, 0.29) is 0 Å². The molecule has 0 aromatic carbocycles. The second kappa shape index (κ2) is 3.34. The van der Waals surface area contributed by atoms with Gasteiger partial charge < -0.3 is 5.73 Å². The molecule has 14 heavy (non-hydrogen) atoms. The van der Waals surface area contributed by atoms with Crippen LogP contribution in [0.2, 0.25) is 0 Å². The minimum Gasteiger partial charge on any atom is -0.375 e. The minimum atomic E-state index is 0.578. The molecule has 2 rings (SSSR count). The van der Waals surface area contributed by atoms with Crippen LogP contribution in [0, 0.1) is 13.8 Å². The summed E-state index contributed by atoms with van der Waals surface area (Å²) in [6, 6.07) is 1.97. The van der Waals surface area contributed by atoms with Crippen molar-refractivity contribution in [1.29, 1.82) is 0 Å². The number of nitrogens with two attached hydrogens (primary N) is 1. The van der Waals surface area contributed by atoms with E-state index < -0.39 is 0 Å². The van der Waals surface area contributed by atoms with Crippen molar-refractivity contribution in [1.82, 2.24) is 15.2 Å². The zero-order valence-corrected chi connectivity index (χ0v) is 8.80. The Labute approximate surface area is 85.8 Å². The maximum atomic E-state index is 5.58. The summed E-state index contributed by atoms with van der Waals surface area (Å²) in [5.41, 5.74) is 9.22. The summed E-state index contributed by atoms with van der Waals surface area (Å²) in [6.45, 7) is 3.82. The highest BCUT2D eigenvalue weighted by Crippen LogP contribution is 2.24. The van der Waals surface area contributed by atoms with Crippen LogP contribution in [0.5, 0.6) is 0 Å². The van der Waals surface area contributed by atoms with Crippen LogP contribution in [0.1, 0.15) is 11.4 Å². The average molecular weight is 206 g/mol. The lowest BCUT2D eigenvalue weighted by Gasteiger charge is -2.00. The van der Waals surface area contributed by atoms with E-state index in [2.05, 4.69) is 15.2 Å². The van der Waals surface area contributed by atoms with E-state index in [4.69, 9.17) is 5.73 Å². The van der Waals surface area contributed by atoms with Crippen LogP contribution in [-0.4, -0.2) is 15.2 Å². The van der Waals surface area contributed by atoms with Gasteiger partial charge in [0.1, 0.15) is 0 Å². The molecule has 0 bridgehead atoms. The molecule has 0 fully saturated rings. The Bertz CT molecular complexity index is 464. The second-order valence-corrected chi connectivity index (χ2v) is 3.95. The summed E-state index contributed by atoms with van der Waals surface area (Å²) in [4.78, 5) is 4.21. The predicted octanol–water partition coefficient (Wildman–Crippen LogP) is 1.80. The maximum absolute atomic E-state index is 5.58. The van der Waals surface area contributed by atoms with Crippen molar-refractivity contribution in [3.63, 3.8) is 0 Å². The molecule has 0 spiro atoms. The molecule has 0 aliphatic heterocycles. The van der Waals surface area contributed by atoms with Crippen LogP contribution in [0.3, 0.4) is 0 Å². The molecule has 0 aliphatic carbocycles. The molecular weight excluding hydrogens is 196 g/mol. The average Bonchev–Trinajstić information content (AvgIpc) is 2.56. The lowest BCUT2D eigenvalue weighted by atomic mass is 10.1. The number of anilines is 1. The Morgan fingerprint density at radius 2 is 2.07 bits per heavy atom. The van der Waals surface area contributed by atoms with Gasteiger partial charge in [-0.3, -0.25) is 0 Å². The van der Waals surface area contributed by atoms with Crippen LogP contribution in [0.4, 0.5) is 5.13 Å². The lowest BCUT2D eigenvalue weighted by molar-refractivity contribution is 0.942. The molecule has 2 N–H and O–H groups in total. The summed E-state index contributed by atoms with van der Waals surface area (Å²) >= 11 is 1.43. The van der Waals surface area contributed by atoms with Crippen LogP contribution in [-0.2, 0) is 0 Å². The predicted molar refractivity (Wildman–Crippen MR) is 57.0 cm³/mol. The van der Waals surface area contributed by atoms with Gasteiger partial charge in [-0.15, -0.1) is 11.3 Å². The fraction of sp³-hybridized carbons (Fsp3) is 0.222. The molecule has 0 saturated carbocycles. The number of hydrogen-bond acceptors (Lipinski definition) is 5. The highest BCUT2D eigenvalue weighted by Gasteiger charge is 2.07. The molecular formula is C9H10N4S. The van der Waals surface area contributed by atoms with E-state index in [1.807, 2.05) is 25.3 Å². The van der Waals surface area contributed by atoms with Crippen LogP contribution >= 0.6 is 11.3 Å². The van der Waals surface area contributed by atoms with Gasteiger partial charge in [-0.25, -0.2) is 4.98 Å². The van der Waals surface area contributed by atoms with Crippen LogP contribution in [0.25, 0.3) is 11.3 Å². The molecule has 0 aliphatic rings. The van der Waals surface area contributed by atoms with Gasteiger partial charge in [-0.2, -0.15) is 10.2 Å². The number of thiazole rings is 1. The first-order valence-electron chi connectivity index (χ1n) is 4.19. The smallest absolute Gasteiger partial charge is 0.180 e. The Morgan fingerprint density at radius 3 is 2.71 bits per heavy atom. The summed E-state index contributed by atoms with van der Waals surface area (Å²) in [5.74, 6) is 0. The van der Waals surface area contributed by atoms with Crippen molar-refractivity contribution < 1.29 is 0 Å². The number of rotatable bonds is 1. The maximum Gasteiger partial charge on any atom is 0.180 e. The summed E-state index contributed by atoms with van der Waals surface area (Å²) in [5, 5.41) is 10.5. The van der Waals surface area contributed by atoms with Crippen molar-refractivity contribution in [3.05, 3.63) is 22.8 Å². The molecule has 0 amide bonds. The highest BCUT2D eigenvalue weighted by molar-refractivity contribution is 7.13. The molecule has 4 nitrogen and oxygen atoms in total. The van der Waals surface area contributed by atoms with Crippen molar-refractivity contribution in [2.45, 2.75) is 13.8 Å². The van der Waals surface area contributed by atoms with Gasteiger partial charge >= 0.3 is 0 Å². The summed E-state index contributed by atoms with van der Waals surface area (Å²) in [7, 11) is 0. The quantitative estimate of drug-likeness (QED) is 0.772. The minimum absolute atomic E-state index is 0.578. The van der Waals surface area contributed by atoms with Gasteiger partial charge in [-0.1, -0.05) is 0 Å². The third kappa shape index (κ3) is 1.58. The van der Waals surface area contributed by atoms with Gasteiger partial charge in [0.15, 0.2) is 5.13 Å². The Hall–Kier alpha value is -1.49. The van der Waals surface area contributed by atoms with E-state index in [0.717, 1.165) is 22.6 Å². The molecule has 0 saturated heterocycles. The van der Waals surface area contributed by atoms with Crippen molar-refractivity contribution in [2.24, 2.45) is 0 Å². The molecule has 0 unspecified atom stereocenters. The number of nitrogen functional groups attached to an aromatic ring is 1. The monoisotopic (exact) mass is 206 g/mol. The molecule has 2 heterocycles. The Morgan fingerprint density at radius 1 is 1.29 bits per heavy atom. The number of hydrogen-bond donors (Lipinski definition) is 1. The highest BCUT2D eigenvalue weighted by atomic mass is 32.1. The number of nitrogens with zero attached hydrogens (tertiary/aromatic N) is 3. The largest absolute Gasteiger partial charge is 0.375 e. The topological polar surface area (TPSA) is 64.7 Å². The third-order valence-electron chi connectivity index (χ3n) is 1.90. The molecule has 72 valence electrons. The van der Waals surface area contributed by atoms with Gasteiger partial charge in [0.05, 0.1) is 17.1 Å². The van der Waals surface area contributed by atoms with Crippen LogP contribution in [0.15, 0.2) is 11.4 Å². The summed E-state index contributed by atoms with van der Waals surface area (Å²) < 4.78 is 0. The first-order valence-corrected chi connectivity index (χ1v) is 5.07. The van der Waals surface area contributed by atoms with Crippen molar-refractivity contribution >= 4 is 16.5 Å². The molecule has 5 heteroatoms. The van der Waals surface area contributed by atoms with Gasteiger partial charge in [0.25, 0.3) is 0 Å². The first kappa shape index (κ1) is 9.08. The van der Waals surface area contributed by atoms with Crippen LogP contribution < -0.4 is 5.73 Å². The van der Waals surface area contributed by atoms with Crippen molar-refractivity contribution in [2.75, 3.05) is 5.73 Å². The van der Waals surface area contributed by atoms with E-state index in [0.29, 0.717) is 5.13 Å².